The average molecular weight is 483 g/mol. The highest BCUT2D eigenvalue weighted by atomic mass is 16.6. The number of ether oxygens (including phenoxy) is 2. The van der Waals surface area contributed by atoms with Crippen LogP contribution < -0.4 is 4.74 Å². The van der Waals surface area contributed by atoms with Crippen LogP contribution in [0.4, 0.5) is 10.7 Å². The minimum absolute atomic E-state index is 0.0708. The number of nitro groups is 1. The summed E-state index contributed by atoms with van der Waals surface area (Å²) in [7, 11) is 1.58. The van der Waals surface area contributed by atoms with E-state index in [0.717, 1.165) is 22.4 Å². The number of carbonyl (C=O) groups is 2. The van der Waals surface area contributed by atoms with Crippen LogP contribution in [0.3, 0.4) is 0 Å². The van der Waals surface area contributed by atoms with Crippen molar-refractivity contribution < 1.29 is 38.6 Å². The molecule has 2 N–H and O–H groups in total. The van der Waals surface area contributed by atoms with Crippen molar-refractivity contribution in [1.29, 1.82) is 0 Å². The first-order valence-corrected chi connectivity index (χ1v) is 10.2. The minimum Gasteiger partial charge on any atom is -0.508 e. The summed E-state index contributed by atoms with van der Waals surface area (Å²) in [5.74, 6) is 0.0696. The largest absolute Gasteiger partial charge is 0.508 e. The number of cyclic esters (lactones) is 1. The van der Waals surface area contributed by atoms with Crippen LogP contribution in [0.5, 0.6) is 17.2 Å². The zero-order valence-corrected chi connectivity index (χ0v) is 18.5. The van der Waals surface area contributed by atoms with Gasteiger partial charge in [0.2, 0.25) is 0 Å². The third-order valence-electron chi connectivity index (χ3n) is 4.66. The number of Topliss-reactive ketones (excluding diaryl/α,β-unsaturated/α-hetero) is 1. The lowest BCUT2D eigenvalue weighted by molar-refractivity contribution is -0.402. The fourth-order valence-corrected chi connectivity index (χ4v) is 2.91. The Bertz CT molecular complexity index is 1240. The highest BCUT2D eigenvalue weighted by Crippen LogP contribution is 2.24. The molecule has 1 fully saturated rings. The van der Waals surface area contributed by atoms with Gasteiger partial charge in [-0.1, -0.05) is 12.1 Å². The number of hydrogen-bond donors (Lipinski definition) is 2. The summed E-state index contributed by atoms with van der Waals surface area (Å²) in [6.45, 7) is 0.645. The summed E-state index contributed by atoms with van der Waals surface area (Å²) in [4.78, 5) is 32.6. The molecule has 0 aliphatic carbocycles. The maximum absolute atomic E-state index is 12.0. The summed E-state index contributed by atoms with van der Waals surface area (Å²) < 4.78 is 14.5. The lowest BCUT2D eigenvalue weighted by Crippen LogP contribution is -2.17. The average Bonchev–Trinajstić information content (AvgIpc) is 3.47. The smallest absolute Gasteiger partial charge is 0.433 e. The summed E-state index contributed by atoms with van der Waals surface area (Å²) in [6.07, 6.45) is 0.861. The fourth-order valence-electron chi connectivity index (χ4n) is 2.91. The van der Waals surface area contributed by atoms with Crippen LogP contribution >= 0.6 is 0 Å². The van der Waals surface area contributed by atoms with Gasteiger partial charge in [0.25, 0.3) is 0 Å². The number of amides is 1. The molecule has 1 aliphatic heterocycles. The van der Waals surface area contributed by atoms with Crippen molar-refractivity contribution in [3.8, 4) is 17.2 Å². The standard InChI is InChI=1S/C15H14O4.C8H7N3O5/c1-19-12-5-2-10(3-6-12)8-14(17)13-7-4-11(16)9-15(13)18;12-8-10(3-4-15-8)9-5-6-1-2-7(16-6)11(13)14/h2-7,9,16,18H,8H2,1H3;1-2,5H,3-4H2. The van der Waals surface area contributed by atoms with Gasteiger partial charge in [0.15, 0.2) is 11.5 Å². The predicted octanol–water partition coefficient (Wildman–Crippen LogP) is 3.51. The van der Waals surface area contributed by atoms with Gasteiger partial charge in [-0.15, -0.1) is 0 Å². The number of phenols is 2. The summed E-state index contributed by atoms with van der Waals surface area (Å²) in [5.41, 5.74) is 1.03. The quantitative estimate of drug-likeness (QED) is 0.221. The van der Waals surface area contributed by atoms with Crippen LogP contribution in [-0.2, 0) is 11.2 Å². The van der Waals surface area contributed by atoms with E-state index in [9.17, 15) is 29.9 Å². The van der Waals surface area contributed by atoms with Gasteiger partial charge in [0.05, 0.1) is 31.5 Å². The zero-order valence-electron chi connectivity index (χ0n) is 18.5. The number of furan rings is 1. The van der Waals surface area contributed by atoms with E-state index >= 15 is 0 Å². The topological polar surface area (TPSA) is 165 Å². The van der Waals surface area contributed by atoms with E-state index in [4.69, 9.17) is 9.15 Å². The second-order valence-electron chi connectivity index (χ2n) is 7.06. The molecule has 2 aromatic carbocycles. The monoisotopic (exact) mass is 483 g/mol. The number of benzene rings is 2. The Hall–Kier alpha value is -4.87. The van der Waals surface area contributed by atoms with Gasteiger partial charge in [0.1, 0.15) is 28.8 Å². The molecule has 2 heterocycles. The molecule has 0 atom stereocenters. The minimum atomic E-state index is -0.651. The van der Waals surface area contributed by atoms with Crippen LogP contribution in [0.15, 0.2) is 64.1 Å². The van der Waals surface area contributed by atoms with Crippen molar-refractivity contribution in [3.63, 3.8) is 0 Å². The van der Waals surface area contributed by atoms with Gasteiger partial charge in [-0.05, 0) is 35.9 Å². The molecule has 12 heteroatoms. The molecule has 35 heavy (non-hydrogen) atoms. The Morgan fingerprint density at radius 3 is 2.51 bits per heavy atom. The summed E-state index contributed by atoms with van der Waals surface area (Å²) in [6, 6.07) is 13.7. The Morgan fingerprint density at radius 2 is 1.94 bits per heavy atom. The van der Waals surface area contributed by atoms with Crippen LogP contribution in [0.25, 0.3) is 0 Å². The Balaban J connectivity index is 0.000000198. The van der Waals surface area contributed by atoms with Gasteiger partial charge < -0.3 is 24.1 Å². The first kappa shape index (κ1) is 24.8. The van der Waals surface area contributed by atoms with Gasteiger partial charge >= 0.3 is 12.0 Å². The van der Waals surface area contributed by atoms with Crippen molar-refractivity contribution >= 4 is 24.0 Å². The van der Waals surface area contributed by atoms with E-state index in [1.807, 2.05) is 0 Å². The van der Waals surface area contributed by atoms with E-state index < -0.39 is 11.0 Å². The zero-order chi connectivity index (χ0) is 25.4. The Morgan fingerprint density at radius 1 is 1.20 bits per heavy atom. The van der Waals surface area contributed by atoms with Crippen molar-refractivity contribution in [3.05, 3.63) is 81.6 Å². The second kappa shape index (κ2) is 11.3. The number of aromatic hydroxyl groups is 2. The number of methoxy groups -OCH3 is 1. The van der Waals surface area contributed by atoms with Gasteiger partial charge in [-0.2, -0.15) is 10.1 Å². The lowest BCUT2D eigenvalue weighted by Gasteiger charge is -2.05. The molecule has 3 aromatic rings. The number of ketones is 1. The SMILES string of the molecule is COc1ccc(CC(=O)c2ccc(O)cc2O)cc1.O=C1OCCN1N=Cc1ccc([N+](=O)[O-])o1. The molecule has 0 bridgehead atoms. The third-order valence-corrected chi connectivity index (χ3v) is 4.66. The highest BCUT2D eigenvalue weighted by Gasteiger charge is 2.21. The maximum atomic E-state index is 12.0. The molecule has 1 aromatic heterocycles. The number of carbonyl (C=O) groups excluding carboxylic acids is 2. The van der Waals surface area contributed by atoms with Crippen molar-refractivity contribution in [2.75, 3.05) is 20.3 Å². The second-order valence-corrected chi connectivity index (χ2v) is 7.06. The molecule has 0 unspecified atom stereocenters. The third kappa shape index (κ3) is 6.81. The Labute approximate surface area is 198 Å². The van der Waals surface area contributed by atoms with E-state index in [-0.39, 0.29) is 47.5 Å². The van der Waals surface area contributed by atoms with Crippen molar-refractivity contribution in [2.45, 2.75) is 6.42 Å². The molecular formula is C23H21N3O9. The summed E-state index contributed by atoms with van der Waals surface area (Å²) in [5, 5.41) is 34.0. The molecule has 182 valence electrons. The van der Waals surface area contributed by atoms with Crippen molar-refractivity contribution in [1.82, 2.24) is 5.01 Å². The lowest BCUT2D eigenvalue weighted by atomic mass is 10.0. The number of rotatable bonds is 7. The first-order valence-electron chi connectivity index (χ1n) is 10.2. The summed E-state index contributed by atoms with van der Waals surface area (Å²) >= 11 is 0. The van der Waals surface area contributed by atoms with E-state index in [2.05, 4.69) is 9.84 Å². The van der Waals surface area contributed by atoms with E-state index in [0.29, 0.717) is 6.54 Å². The van der Waals surface area contributed by atoms with E-state index in [1.54, 1.807) is 31.4 Å². The maximum Gasteiger partial charge on any atom is 0.433 e. The predicted molar refractivity (Wildman–Crippen MR) is 122 cm³/mol. The molecule has 0 radical (unpaired) electrons. The van der Waals surface area contributed by atoms with Gasteiger partial charge in [-0.25, -0.2) is 4.79 Å². The highest BCUT2D eigenvalue weighted by molar-refractivity contribution is 6.00. The van der Waals surface area contributed by atoms with E-state index in [1.165, 1.54) is 30.5 Å². The van der Waals surface area contributed by atoms with Crippen LogP contribution in [0, 0.1) is 10.1 Å². The molecule has 1 aliphatic rings. The van der Waals surface area contributed by atoms with Crippen LogP contribution in [0.1, 0.15) is 21.7 Å². The first-order chi connectivity index (χ1) is 16.8. The fraction of sp³-hybridized carbons (Fsp3) is 0.174. The van der Waals surface area contributed by atoms with Gasteiger partial charge in [-0.3, -0.25) is 14.9 Å². The van der Waals surface area contributed by atoms with Crippen molar-refractivity contribution in [2.24, 2.45) is 5.10 Å². The van der Waals surface area contributed by atoms with Crippen LogP contribution in [0.2, 0.25) is 0 Å². The number of nitrogens with zero attached hydrogens (tertiary/aromatic N) is 3. The van der Waals surface area contributed by atoms with Crippen LogP contribution in [-0.4, -0.2) is 58.5 Å². The number of hydrazone groups is 1. The van der Waals surface area contributed by atoms with Gasteiger partial charge in [0, 0.05) is 12.5 Å². The molecule has 0 spiro atoms. The molecule has 1 saturated heterocycles. The number of hydrogen-bond acceptors (Lipinski definition) is 10. The molecule has 1 amide bonds. The number of phenolic OH excluding ortho intramolecular Hbond substituents is 2. The Kier molecular flexibility index (Phi) is 8.01. The molecule has 4 rings (SSSR count). The normalized spacial score (nSPS) is 12.7. The molecule has 12 nitrogen and oxygen atoms in total. The molecular weight excluding hydrogens is 462 g/mol. The molecule has 0 saturated carbocycles.